The molecule has 1 aliphatic carbocycles. The Hall–Kier alpha value is -1.51. The van der Waals surface area contributed by atoms with Crippen molar-refractivity contribution in [3.63, 3.8) is 0 Å². The molecule has 0 atom stereocenters. The summed E-state index contributed by atoms with van der Waals surface area (Å²) in [5.41, 5.74) is 4.89. The van der Waals surface area contributed by atoms with Crippen molar-refractivity contribution < 1.29 is 0 Å². The Balaban J connectivity index is 2.02. The maximum atomic E-state index is 4.89. The van der Waals surface area contributed by atoms with E-state index >= 15 is 0 Å². The third-order valence-electron chi connectivity index (χ3n) is 4.55. The first-order valence-electron chi connectivity index (χ1n) is 8.44. The molecule has 0 bridgehead atoms. The van der Waals surface area contributed by atoms with E-state index in [1.165, 1.54) is 54.9 Å². The van der Waals surface area contributed by atoms with Crippen LogP contribution in [0.3, 0.4) is 0 Å². The molecule has 1 saturated carbocycles. The third kappa shape index (κ3) is 2.92. The van der Waals surface area contributed by atoms with Gasteiger partial charge in [-0.05, 0) is 50.8 Å². The molecule has 21 heavy (non-hydrogen) atoms. The smallest absolute Gasteiger partial charge is 0.139 e. The van der Waals surface area contributed by atoms with Gasteiger partial charge in [-0.15, -0.1) is 0 Å². The van der Waals surface area contributed by atoms with E-state index in [0.717, 1.165) is 18.5 Å². The second kappa shape index (κ2) is 6.08. The van der Waals surface area contributed by atoms with Crippen molar-refractivity contribution in [3.8, 4) is 0 Å². The Bertz CT molecular complexity index is 621. The molecule has 2 aromatic rings. The quantitative estimate of drug-likeness (QED) is 0.886. The van der Waals surface area contributed by atoms with Crippen molar-refractivity contribution >= 4 is 11.5 Å². The highest BCUT2D eigenvalue weighted by atomic mass is 15.2. The first-order valence-corrected chi connectivity index (χ1v) is 8.44. The summed E-state index contributed by atoms with van der Waals surface area (Å²) in [4.78, 5) is 4.89. The average Bonchev–Trinajstić information content (AvgIpc) is 2.78. The minimum Gasteiger partial charge on any atom is -0.367 e. The minimum absolute atomic E-state index is 0.620. The summed E-state index contributed by atoms with van der Waals surface area (Å²) in [6, 6.07) is 5.06. The van der Waals surface area contributed by atoms with Gasteiger partial charge in [0.2, 0.25) is 0 Å². The molecule has 1 aliphatic rings. The number of hydrogen-bond donors (Lipinski definition) is 1. The Morgan fingerprint density at radius 3 is 2.67 bits per heavy atom. The van der Waals surface area contributed by atoms with Gasteiger partial charge in [0.15, 0.2) is 0 Å². The molecule has 1 fully saturated rings. The highest BCUT2D eigenvalue weighted by molar-refractivity contribution is 5.58. The summed E-state index contributed by atoms with van der Waals surface area (Å²) in [7, 11) is 0. The van der Waals surface area contributed by atoms with Crippen LogP contribution in [0.5, 0.6) is 0 Å². The van der Waals surface area contributed by atoms with Gasteiger partial charge in [0.05, 0.1) is 5.69 Å². The molecule has 0 spiro atoms. The van der Waals surface area contributed by atoms with Crippen molar-refractivity contribution in [3.05, 3.63) is 29.1 Å². The molecule has 3 nitrogen and oxygen atoms in total. The monoisotopic (exact) mass is 285 g/mol. The Labute approximate surface area is 127 Å². The van der Waals surface area contributed by atoms with E-state index in [1.54, 1.807) is 0 Å². The number of pyridine rings is 1. The lowest BCUT2D eigenvalue weighted by Gasteiger charge is -2.24. The fraction of sp³-hybridized carbons (Fsp3) is 0.611. The van der Waals surface area contributed by atoms with Crippen LogP contribution in [-0.2, 0) is 6.42 Å². The lowest BCUT2D eigenvalue weighted by atomic mass is 9.95. The second-order valence-electron chi connectivity index (χ2n) is 6.50. The van der Waals surface area contributed by atoms with E-state index in [2.05, 4.69) is 42.6 Å². The second-order valence-corrected chi connectivity index (χ2v) is 6.50. The van der Waals surface area contributed by atoms with Crippen molar-refractivity contribution in [2.45, 2.75) is 71.8 Å². The molecular formula is C18H27N3. The number of imidazole rings is 1. The van der Waals surface area contributed by atoms with Crippen LogP contribution in [0.15, 0.2) is 12.1 Å². The van der Waals surface area contributed by atoms with Crippen LogP contribution in [0.1, 0.15) is 62.4 Å². The molecule has 114 valence electrons. The van der Waals surface area contributed by atoms with Gasteiger partial charge in [-0.1, -0.05) is 32.6 Å². The molecular weight excluding hydrogens is 258 g/mol. The van der Waals surface area contributed by atoms with Crippen LogP contribution in [0.2, 0.25) is 0 Å². The minimum atomic E-state index is 0.620. The van der Waals surface area contributed by atoms with E-state index in [9.17, 15) is 0 Å². The van der Waals surface area contributed by atoms with Crippen LogP contribution >= 0.6 is 0 Å². The summed E-state index contributed by atoms with van der Waals surface area (Å²) >= 11 is 0. The summed E-state index contributed by atoms with van der Waals surface area (Å²) in [6.07, 6.45) is 8.89. The highest BCUT2D eigenvalue weighted by Gasteiger charge is 2.19. The van der Waals surface area contributed by atoms with Crippen LogP contribution in [-0.4, -0.2) is 15.4 Å². The zero-order valence-electron chi connectivity index (χ0n) is 13.6. The fourth-order valence-electron chi connectivity index (χ4n) is 3.58. The van der Waals surface area contributed by atoms with Crippen molar-refractivity contribution in [2.75, 3.05) is 5.32 Å². The zero-order valence-corrected chi connectivity index (χ0v) is 13.6. The van der Waals surface area contributed by atoms with E-state index in [0.29, 0.717) is 6.04 Å². The number of aromatic nitrogens is 2. The van der Waals surface area contributed by atoms with Crippen molar-refractivity contribution in [1.29, 1.82) is 0 Å². The van der Waals surface area contributed by atoms with Gasteiger partial charge < -0.3 is 5.32 Å². The van der Waals surface area contributed by atoms with Gasteiger partial charge in [0, 0.05) is 11.7 Å². The number of anilines is 1. The number of aryl methyl sites for hydroxylation is 3. The SMILES string of the molecule is CCCc1nc2cc(C)cc(C)n2c1NC1CCCCC1. The highest BCUT2D eigenvalue weighted by Crippen LogP contribution is 2.27. The molecule has 3 heteroatoms. The van der Waals surface area contributed by atoms with E-state index in [-0.39, 0.29) is 0 Å². The molecule has 0 unspecified atom stereocenters. The first kappa shape index (κ1) is 14.4. The normalized spacial score (nSPS) is 16.5. The molecule has 1 N–H and O–H groups in total. The van der Waals surface area contributed by atoms with Crippen molar-refractivity contribution in [2.24, 2.45) is 0 Å². The maximum absolute atomic E-state index is 4.89. The summed E-state index contributed by atoms with van der Waals surface area (Å²) in [5.74, 6) is 1.25. The number of rotatable bonds is 4. The lowest BCUT2D eigenvalue weighted by Crippen LogP contribution is -2.24. The van der Waals surface area contributed by atoms with Gasteiger partial charge in [0.25, 0.3) is 0 Å². The Kier molecular flexibility index (Phi) is 4.18. The van der Waals surface area contributed by atoms with E-state index in [4.69, 9.17) is 4.98 Å². The first-order chi connectivity index (χ1) is 10.2. The topological polar surface area (TPSA) is 29.3 Å². The number of fused-ring (bicyclic) bond motifs is 1. The fourth-order valence-corrected chi connectivity index (χ4v) is 3.58. The van der Waals surface area contributed by atoms with Gasteiger partial charge in [-0.3, -0.25) is 4.40 Å². The summed E-state index contributed by atoms with van der Waals surface area (Å²) in [5, 5.41) is 3.82. The molecule has 0 saturated heterocycles. The predicted molar refractivity (Wildman–Crippen MR) is 89.2 cm³/mol. The molecule has 0 aromatic carbocycles. The molecule has 0 aliphatic heterocycles. The molecule has 2 aromatic heterocycles. The summed E-state index contributed by atoms with van der Waals surface area (Å²) < 4.78 is 2.31. The van der Waals surface area contributed by atoms with Gasteiger partial charge in [0.1, 0.15) is 11.5 Å². The molecule has 0 amide bonds. The van der Waals surface area contributed by atoms with Crippen LogP contribution in [0, 0.1) is 13.8 Å². The van der Waals surface area contributed by atoms with Crippen molar-refractivity contribution in [1.82, 2.24) is 9.38 Å². The van der Waals surface area contributed by atoms with Gasteiger partial charge >= 0.3 is 0 Å². The number of hydrogen-bond acceptors (Lipinski definition) is 2. The molecule has 0 radical (unpaired) electrons. The van der Waals surface area contributed by atoms with Gasteiger partial charge in [-0.2, -0.15) is 0 Å². The Morgan fingerprint density at radius 1 is 1.19 bits per heavy atom. The Morgan fingerprint density at radius 2 is 1.95 bits per heavy atom. The number of nitrogens with one attached hydrogen (secondary N) is 1. The maximum Gasteiger partial charge on any atom is 0.139 e. The van der Waals surface area contributed by atoms with E-state index in [1.807, 2.05) is 0 Å². The largest absolute Gasteiger partial charge is 0.367 e. The standard InChI is InChI=1S/C18H27N3/c1-4-8-16-18(19-15-9-6-5-7-10-15)21-14(3)11-13(2)12-17(21)20-16/h11-12,15,19H,4-10H2,1-3H3. The van der Waals surface area contributed by atoms with Crippen LogP contribution in [0.4, 0.5) is 5.82 Å². The van der Waals surface area contributed by atoms with E-state index < -0.39 is 0 Å². The average molecular weight is 285 g/mol. The molecule has 3 rings (SSSR count). The third-order valence-corrected chi connectivity index (χ3v) is 4.55. The lowest BCUT2D eigenvalue weighted by molar-refractivity contribution is 0.461. The van der Waals surface area contributed by atoms with Gasteiger partial charge in [-0.25, -0.2) is 4.98 Å². The predicted octanol–water partition coefficient (Wildman–Crippen LogP) is 4.65. The zero-order chi connectivity index (χ0) is 14.8. The van der Waals surface area contributed by atoms with Crippen LogP contribution in [0.25, 0.3) is 5.65 Å². The summed E-state index contributed by atoms with van der Waals surface area (Å²) in [6.45, 7) is 6.56. The molecule has 2 heterocycles. The van der Waals surface area contributed by atoms with Crippen LogP contribution < -0.4 is 5.32 Å². The number of nitrogens with zero attached hydrogens (tertiary/aromatic N) is 2.